The van der Waals surface area contributed by atoms with Crippen molar-refractivity contribution < 1.29 is 9.53 Å². The highest BCUT2D eigenvalue weighted by atomic mass is 16.5. The molecule has 1 aliphatic carbocycles. The summed E-state index contributed by atoms with van der Waals surface area (Å²) in [5.41, 5.74) is 5.17. The van der Waals surface area contributed by atoms with Gasteiger partial charge in [-0.1, -0.05) is 13.8 Å². The Bertz CT molecular complexity index is 282. The minimum absolute atomic E-state index is 0.209. The zero-order valence-corrected chi connectivity index (χ0v) is 12.6. The number of ether oxygens (including phenoxy) is 1. The number of carbonyl (C=O) groups excluding carboxylic acids is 1. The Morgan fingerprint density at radius 3 is 2.58 bits per heavy atom. The van der Waals surface area contributed by atoms with E-state index in [2.05, 4.69) is 24.1 Å². The Kier molecular flexibility index (Phi) is 6.75. The average molecular weight is 271 g/mol. The van der Waals surface area contributed by atoms with Crippen molar-refractivity contribution in [3.63, 3.8) is 0 Å². The van der Waals surface area contributed by atoms with Gasteiger partial charge in [-0.15, -0.1) is 0 Å². The topological polar surface area (TPSA) is 67.6 Å². The number of hydrogen-bond donors (Lipinski definition) is 2. The second kappa shape index (κ2) is 7.82. The number of rotatable bonds is 11. The van der Waals surface area contributed by atoms with Crippen LogP contribution in [0, 0.1) is 5.92 Å². The molecule has 1 rings (SSSR count). The van der Waals surface area contributed by atoms with Gasteiger partial charge in [-0.05, 0) is 38.3 Å². The van der Waals surface area contributed by atoms with E-state index in [1.165, 1.54) is 0 Å². The third-order valence-corrected chi connectivity index (χ3v) is 3.94. The van der Waals surface area contributed by atoms with Crippen molar-refractivity contribution in [2.24, 2.45) is 11.7 Å². The minimum atomic E-state index is -0.556. The highest BCUT2D eigenvalue weighted by Crippen LogP contribution is 2.40. The number of nitrogens with one attached hydrogen (secondary N) is 1. The molecule has 19 heavy (non-hydrogen) atoms. The molecule has 5 nitrogen and oxygen atoms in total. The number of amides is 1. The van der Waals surface area contributed by atoms with Crippen molar-refractivity contribution in [3.05, 3.63) is 0 Å². The highest BCUT2D eigenvalue weighted by Gasteiger charge is 2.50. The third-order valence-electron chi connectivity index (χ3n) is 3.94. The molecule has 0 aromatic rings. The van der Waals surface area contributed by atoms with E-state index in [-0.39, 0.29) is 5.91 Å². The predicted molar refractivity (Wildman–Crippen MR) is 76.9 cm³/mol. The van der Waals surface area contributed by atoms with Crippen molar-refractivity contribution in [2.75, 3.05) is 39.9 Å². The number of methoxy groups -OCH3 is 1. The van der Waals surface area contributed by atoms with Crippen LogP contribution in [-0.2, 0) is 9.53 Å². The van der Waals surface area contributed by atoms with Gasteiger partial charge >= 0.3 is 0 Å². The average Bonchev–Trinajstić information content (AvgIpc) is 3.22. The molecule has 3 N–H and O–H groups in total. The Hall–Kier alpha value is -0.650. The van der Waals surface area contributed by atoms with Crippen LogP contribution >= 0.6 is 0 Å². The summed E-state index contributed by atoms with van der Waals surface area (Å²) in [4.78, 5) is 14.3. The van der Waals surface area contributed by atoms with E-state index in [0.717, 1.165) is 38.9 Å². The summed E-state index contributed by atoms with van der Waals surface area (Å²) >= 11 is 0. The first-order valence-corrected chi connectivity index (χ1v) is 7.36. The molecule has 1 saturated carbocycles. The molecule has 0 aliphatic heterocycles. The number of nitrogens with zero attached hydrogens (tertiary/aromatic N) is 1. The number of likely N-dealkylation sites (N-methyl/N-ethyl adjacent to an activating group) is 1. The van der Waals surface area contributed by atoms with Gasteiger partial charge in [-0.3, -0.25) is 9.69 Å². The largest absolute Gasteiger partial charge is 0.383 e. The lowest BCUT2D eigenvalue weighted by Gasteiger charge is -2.37. The van der Waals surface area contributed by atoms with Crippen LogP contribution in [-0.4, -0.2) is 56.2 Å². The maximum absolute atomic E-state index is 12.0. The molecule has 1 fully saturated rings. The van der Waals surface area contributed by atoms with E-state index in [1.807, 2.05) is 0 Å². The molecule has 0 aromatic heterocycles. The van der Waals surface area contributed by atoms with Gasteiger partial charge in [0, 0.05) is 20.2 Å². The molecule has 0 saturated heterocycles. The van der Waals surface area contributed by atoms with Crippen molar-refractivity contribution in [3.8, 4) is 0 Å². The van der Waals surface area contributed by atoms with Crippen LogP contribution < -0.4 is 11.1 Å². The van der Waals surface area contributed by atoms with Gasteiger partial charge in [0.15, 0.2) is 0 Å². The van der Waals surface area contributed by atoms with Gasteiger partial charge in [-0.2, -0.15) is 0 Å². The fourth-order valence-electron chi connectivity index (χ4n) is 2.54. The molecule has 112 valence electrons. The second-order valence-electron chi connectivity index (χ2n) is 5.40. The molecule has 0 bridgehead atoms. The zero-order valence-electron chi connectivity index (χ0n) is 12.6. The maximum atomic E-state index is 12.0. The van der Waals surface area contributed by atoms with Crippen LogP contribution in [0.2, 0.25) is 0 Å². The van der Waals surface area contributed by atoms with Crippen LogP contribution in [0.15, 0.2) is 0 Å². The first-order valence-electron chi connectivity index (χ1n) is 7.36. The molecule has 0 radical (unpaired) electrons. The third kappa shape index (κ3) is 4.44. The molecule has 1 atom stereocenters. The smallest absolute Gasteiger partial charge is 0.239 e. The number of hydrogen-bond acceptors (Lipinski definition) is 4. The van der Waals surface area contributed by atoms with Crippen LogP contribution in [0.5, 0.6) is 0 Å². The molecule has 0 spiro atoms. The van der Waals surface area contributed by atoms with Gasteiger partial charge in [0.05, 0.1) is 6.61 Å². The second-order valence-corrected chi connectivity index (χ2v) is 5.40. The molecule has 1 unspecified atom stereocenters. The lowest BCUT2D eigenvalue weighted by molar-refractivity contribution is -0.126. The Morgan fingerprint density at radius 2 is 2.16 bits per heavy atom. The first kappa shape index (κ1) is 16.4. The van der Waals surface area contributed by atoms with Gasteiger partial charge in [0.25, 0.3) is 0 Å². The van der Waals surface area contributed by atoms with Crippen LogP contribution in [0.25, 0.3) is 0 Å². The van der Waals surface area contributed by atoms with E-state index >= 15 is 0 Å². The monoisotopic (exact) mass is 271 g/mol. The lowest BCUT2D eigenvalue weighted by Crippen LogP contribution is -2.63. The predicted octanol–water partition coefficient (Wildman–Crippen LogP) is 0.588. The standard InChI is InChI=1S/C14H29N3O2/c1-4-8-16-14(13(15)18,12-6-7-12)11-17(5-2)9-10-19-3/h12,16H,4-11H2,1-3H3,(H2,15,18). The molecule has 5 heteroatoms. The fraction of sp³-hybridized carbons (Fsp3) is 0.929. The first-order chi connectivity index (χ1) is 9.10. The summed E-state index contributed by atoms with van der Waals surface area (Å²) in [6.45, 7) is 8.15. The SMILES string of the molecule is CCCNC(CN(CC)CCOC)(C(N)=O)C1CC1. The van der Waals surface area contributed by atoms with Crippen LogP contribution in [0.4, 0.5) is 0 Å². The number of primary amides is 1. The van der Waals surface area contributed by atoms with E-state index in [9.17, 15) is 4.79 Å². The van der Waals surface area contributed by atoms with E-state index in [4.69, 9.17) is 10.5 Å². The van der Waals surface area contributed by atoms with Crippen LogP contribution in [0.1, 0.15) is 33.1 Å². The fourth-order valence-corrected chi connectivity index (χ4v) is 2.54. The normalized spacial score (nSPS) is 18.5. The lowest BCUT2D eigenvalue weighted by atomic mass is 9.91. The van der Waals surface area contributed by atoms with E-state index in [1.54, 1.807) is 7.11 Å². The molecule has 1 aliphatic rings. The Labute approximate surface area is 116 Å². The Morgan fingerprint density at radius 1 is 1.47 bits per heavy atom. The summed E-state index contributed by atoms with van der Waals surface area (Å²) in [5, 5.41) is 3.43. The molecular formula is C14H29N3O2. The van der Waals surface area contributed by atoms with Gasteiger partial charge in [0.2, 0.25) is 5.91 Å². The minimum Gasteiger partial charge on any atom is -0.383 e. The summed E-state index contributed by atoms with van der Waals surface area (Å²) in [7, 11) is 1.70. The maximum Gasteiger partial charge on any atom is 0.239 e. The van der Waals surface area contributed by atoms with E-state index in [0.29, 0.717) is 19.1 Å². The van der Waals surface area contributed by atoms with Gasteiger partial charge in [-0.25, -0.2) is 0 Å². The molecular weight excluding hydrogens is 242 g/mol. The molecule has 1 amide bonds. The number of carbonyl (C=O) groups is 1. The highest BCUT2D eigenvalue weighted by molar-refractivity contribution is 5.86. The van der Waals surface area contributed by atoms with Crippen LogP contribution in [0.3, 0.4) is 0 Å². The van der Waals surface area contributed by atoms with Crippen molar-refractivity contribution >= 4 is 5.91 Å². The summed E-state index contributed by atoms with van der Waals surface area (Å²) in [6, 6.07) is 0. The zero-order chi connectivity index (χ0) is 14.3. The molecule has 0 aromatic carbocycles. The Balaban J connectivity index is 2.73. The van der Waals surface area contributed by atoms with Crippen molar-refractivity contribution in [1.29, 1.82) is 0 Å². The molecule has 0 heterocycles. The summed E-state index contributed by atoms with van der Waals surface area (Å²) in [6.07, 6.45) is 3.20. The quantitative estimate of drug-likeness (QED) is 0.577. The van der Waals surface area contributed by atoms with Crippen molar-refractivity contribution in [2.45, 2.75) is 38.6 Å². The summed E-state index contributed by atoms with van der Waals surface area (Å²) in [5.74, 6) is 0.187. The van der Waals surface area contributed by atoms with Crippen molar-refractivity contribution in [1.82, 2.24) is 10.2 Å². The number of nitrogens with two attached hydrogens (primary N) is 1. The van der Waals surface area contributed by atoms with Gasteiger partial charge in [0.1, 0.15) is 5.54 Å². The summed E-state index contributed by atoms with van der Waals surface area (Å²) < 4.78 is 5.13. The van der Waals surface area contributed by atoms with Gasteiger partial charge < -0.3 is 15.8 Å². The van der Waals surface area contributed by atoms with E-state index < -0.39 is 5.54 Å².